The zero-order chi connectivity index (χ0) is 13.4. The number of amides is 2. The standard InChI is InChI=1S/C12H18N2O4/c1-2-14(8-6-11(15)16)12(17)13-7-5-10-4-3-9-18-10/h3-4,9H,2,5-8H2,1H3,(H,13,17)(H,15,16). The molecule has 2 N–H and O–H groups in total. The lowest BCUT2D eigenvalue weighted by molar-refractivity contribution is -0.137. The van der Waals surface area contributed by atoms with E-state index in [2.05, 4.69) is 5.32 Å². The summed E-state index contributed by atoms with van der Waals surface area (Å²) in [5, 5.41) is 11.3. The van der Waals surface area contributed by atoms with E-state index in [1.807, 2.05) is 13.0 Å². The Morgan fingerprint density at radius 3 is 2.83 bits per heavy atom. The lowest BCUT2D eigenvalue weighted by atomic mass is 10.3. The third kappa shape index (κ3) is 4.90. The SMILES string of the molecule is CCN(CCC(=O)O)C(=O)NCCc1ccco1. The number of nitrogens with one attached hydrogen (secondary N) is 1. The monoisotopic (exact) mass is 254 g/mol. The smallest absolute Gasteiger partial charge is 0.317 e. The molecule has 1 aromatic rings. The van der Waals surface area contributed by atoms with E-state index in [4.69, 9.17) is 9.52 Å². The molecule has 1 rings (SSSR count). The second-order valence-corrected chi connectivity index (χ2v) is 3.78. The number of hydrogen-bond donors (Lipinski definition) is 2. The number of hydrogen-bond acceptors (Lipinski definition) is 3. The highest BCUT2D eigenvalue weighted by Crippen LogP contribution is 2.00. The van der Waals surface area contributed by atoms with Crippen LogP contribution in [0.2, 0.25) is 0 Å². The van der Waals surface area contributed by atoms with Crippen molar-refractivity contribution in [1.82, 2.24) is 10.2 Å². The molecule has 0 unspecified atom stereocenters. The molecular weight excluding hydrogens is 236 g/mol. The van der Waals surface area contributed by atoms with Gasteiger partial charge in [-0.2, -0.15) is 0 Å². The first kappa shape index (κ1) is 14.1. The van der Waals surface area contributed by atoms with E-state index in [0.717, 1.165) is 5.76 Å². The number of aliphatic carboxylic acids is 1. The summed E-state index contributed by atoms with van der Waals surface area (Å²) in [5.74, 6) is -0.0966. The van der Waals surface area contributed by atoms with Crippen LogP contribution >= 0.6 is 0 Å². The van der Waals surface area contributed by atoms with E-state index >= 15 is 0 Å². The van der Waals surface area contributed by atoms with Crippen LogP contribution in [0, 0.1) is 0 Å². The number of carboxylic acids is 1. The van der Waals surface area contributed by atoms with Crippen molar-refractivity contribution < 1.29 is 19.1 Å². The van der Waals surface area contributed by atoms with Gasteiger partial charge in [-0.15, -0.1) is 0 Å². The Morgan fingerprint density at radius 2 is 2.28 bits per heavy atom. The van der Waals surface area contributed by atoms with Crippen molar-refractivity contribution >= 4 is 12.0 Å². The molecule has 0 spiro atoms. The van der Waals surface area contributed by atoms with Crippen LogP contribution in [0.25, 0.3) is 0 Å². The van der Waals surface area contributed by atoms with Crippen LogP contribution in [-0.2, 0) is 11.2 Å². The molecule has 2 amide bonds. The van der Waals surface area contributed by atoms with Gasteiger partial charge in [0.05, 0.1) is 12.7 Å². The van der Waals surface area contributed by atoms with Crippen molar-refractivity contribution in [1.29, 1.82) is 0 Å². The van der Waals surface area contributed by atoms with Crippen molar-refractivity contribution in [2.75, 3.05) is 19.6 Å². The molecule has 0 aliphatic carbocycles. The van der Waals surface area contributed by atoms with Gasteiger partial charge in [-0.3, -0.25) is 4.79 Å². The Hall–Kier alpha value is -1.98. The molecule has 0 atom stereocenters. The van der Waals surface area contributed by atoms with E-state index in [9.17, 15) is 9.59 Å². The Morgan fingerprint density at radius 1 is 1.50 bits per heavy atom. The lowest BCUT2D eigenvalue weighted by Crippen LogP contribution is -2.41. The molecule has 1 aromatic heterocycles. The molecule has 0 saturated heterocycles. The zero-order valence-electron chi connectivity index (χ0n) is 10.4. The summed E-state index contributed by atoms with van der Waals surface area (Å²) < 4.78 is 5.14. The van der Waals surface area contributed by atoms with Crippen molar-refractivity contribution in [2.45, 2.75) is 19.8 Å². The maximum Gasteiger partial charge on any atom is 0.317 e. The molecule has 18 heavy (non-hydrogen) atoms. The number of urea groups is 1. The van der Waals surface area contributed by atoms with E-state index in [1.54, 1.807) is 12.3 Å². The van der Waals surface area contributed by atoms with E-state index < -0.39 is 5.97 Å². The van der Waals surface area contributed by atoms with Crippen molar-refractivity contribution in [2.24, 2.45) is 0 Å². The molecule has 0 saturated carbocycles. The fraction of sp³-hybridized carbons (Fsp3) is 0.500. The summed E-state index contributed by atoms with van der Waals surface area (Å²) >= 11 is 0. The van der Waals surface area contributed by atoms with Crippen LogP contribution in [0.1, 0.15) is 19.1 Å². The van der Waals surface area contributed by atoms with Gasteiger partial charge >= 0.3 is 12.0 Å². The summed E-state index contributed by atoms with van der Waals surface area (Å²) in [5.41, 5.74) is 0. The number of nitrogens with zero attached hydrogens (tertiary/aromatic N) is 1. The Balaban J connectivity index is 2.26. The topological polar surface area (TPSA) is 82.8 Å². The first-order chi connectivity index (χ1) is 8.63. The average molecular weight is 254 g/mol. The summed E-state index contributed by atoms with van der Waals surface area (Å²) in [6.45, 7) is 2.99. The maximum atomic E-state index is 11.7. The number of carboxylic acid groups (broad SMARTS) is 1. The lowest BCUT2D eigenvalue weighted by Gasteiger charge is -2.20. The molecule has 0 aliphatic heterocycles. The van der Waals surface area contributed by atoms with Crippen LogP contribution in [0.5, 0.6) is 0 Å². The van der Waals surface area contributed by atoms with Gasteiger partial charge in [-0.05, 0) is 19.1 Å². The predicted octanol–water partition coefficient (Wildman–Crippen LogP) is 1.33. The fourth-order valence-electron chi connectivity index (χ4n) is 1.49. The van der Waals surface area contributed by atoms with Gasteiger partial charge < -0.3 is 19.7 Å². The maximum absolute atomic E-state index is 11.7. The number of carbonyl (C=O) groups excluding carboxylic acids is 1. The second-order valence-electron chi connectivity index (χ2n) is 3.78. The molecule has 6 nitrogen and oxygen atoms in total. The van der Waals surface area contributed by atoms with E-state index in [-0.39, 0.29) is 19.0 Å². The normalized spacial score (nSPS) is 10.1. The minimum Gasteiger partial charge on any atom is -0.481 e. The minimum atomic E-state index is -0.906. The largest absolute Gasteiger partial charge is 0.481 e. The van der Waals surface area contributed by atoms with Crippen LogP contribution in [-0.4, -0.2) is 41.6 Å². The van der Waals surface area contributed by atoms with E-state index in [0.29, 0.717) is 19.5 Å². The molecule has 0 aromatic carbocycles. The first-order valence-corrected chi connectivity index (χ1v) is 5.90. The fourth-order valence-corrected chi connectivity index (χ4v) is 1.49. The molecule has 1 heterocycles. The molecule has 0 aliphatic rings. The van der Waals surface area contributed by atoms with Crippen molar-refractivity contribution in [3.8, 4) is 0 Å². The van der Waals surface area contributed by atoms with Crippen LogP contribution < -0.4 is 5.32 Å². The number of furan rings is 1. The summed E-state index contributed by atoms with van der Waals surface area (Å²) in [6, 6.07) is 3.39. The second kappa shape index (κ2) is 7.37. The Labute approximate surface area is 106 Å². The first-order valence-electron chi connectivity index (χ1n) is 5.90. The molecule has 100 valence electrons. The minimum absolute atomic E-state index is 0.0422. The predicted molar refractivity (Wildman–Crippen MR) is 65.3 cm³/mol. The molecular formula is C12H18N2O4. The van der Waals surface area contributed by atoms with Gasteiger partial charge in [0, 0.05) is 26.1 Å². The molecule has 0 fully saturated rings. The Kier molecular flexibility index (Phi) is 5.76. The van der Waals surface area contributed by atoms with Gasteiger partial charge in [0.2, 0.25) is 0 Å². The molecule has 0 bridgehead atoms. The van der Waals surface area contributed by atoms with Gasteiger partial charge in [-0.25, -0.2) is 4.79 Å². The van der Waals surface area contributed by atoms with Gasteiger partial charge in [0.25, 0.3) is 0 Å². The summed E-state index contributed by atoms with van der Waals surface area (Å²) in [4.78, 5) is 23.6. The highest BCUT2D eigenvalue weighted by atomic mass is 16.4. The van der Waals surface area contributed by atoms with Crippen LogP contribution in [0.15, 0.2) is 22.8 Å². The highest BCUT2D eigenvalue weighted by molar-refractivity contribution is 5.75. The van der Waals surface area contributed by atoms with E-state index in [1.165, 1.54) is 4.90 Å². The summed E-state index contributed by atoms with van der Waals surface area (Å²) in [6.07, 6.45) is 2.16. The van der Waals surface area contributed by atoms with Crippen molar-refractivity contribution in [3.05, 3.63) is 24.2 Å². The Bertz CT molecular complexity index is 375. The summed E-state index contributed by atoms with van der Waals surface area (Å²) in [7, 11) is 0. The van der Waals surface area contributed by atoms with Gasteiger partial charge in [0.15, 0.2) is 0 Å². The average Bonchev–Trinajstić information content (AvgIpc) is 2.82. The van der Waals surface area contributed by atoms with Gasteiger partial charge in [0.1, 0.15) is 5.76 Å². The van der Waals surface area contributed by atoms with Crippen LogP contribution in [0.3, 0.4) is 0 Å². The van der Waals surface area contributed by atoms with Gasteiger partial charge in [-0.1, -0.05) is 0 Å². The third-order valence-electron chi connectivity index (χ3n) is 2.49. The number of rotatable bonds is 7. The molecule has 0 radical (unpaired) electrons. The van der Waals surface area contributed by atoms with Crippen molar-refractivity contribution in [3.63, 3.8) is 0 Å². The number of carbonyl (C=O) groups is 2. The molecule has 6 heteroatoms. The van der Waals surface area contributed by atoms with Crippen LogP contribution in [0.4, 0.5) is 4.79 Å². The highest BCUT2D eigenvalue weighted by Gasteiger charge is 2.12. The third-order valence-corrected chi connectivity index (χ3v) is 2.49. The zero-order valence-corrected chi connectivity index (χ0v) is 10.4. The quantitative estimate of drug-likeness (QED) is 0.769.